The molecule has 0 aliphatic heterocycles. The van der Waals surface area contributed by atoms with E-state index in [1.165, 1.54) is 36.4 Å². The highest BCUT2D eigenvalue weighted by Gasteiger charge is 2.16. The van der Waals surface area contributed by atoms with E-state index >= 15 is 0 Å². The van der Waals surface area contributed by atoms with Crippen LogP contribution >= 0.6 is 11.6 Å². The number of sulfonamides is 1. The Bertz CT molecular complexity index is 754. The summed E-state index contributed by atoms with van der Waals surface area (Å²) in [6.07, 6.45) is -0.692. The molecule has 0 aliphatic rings. The zero-order valence-corrected chi connectivity index (χ0v) is 13.6. The maximum absolute atomic E-state index is 13.5. The number of halogens is 2. The van der Waals surface area contributed by atoms with E-state index < -0.39 is 21.9 Å². The van der Waals surface area contributed by atoms with Gasteiger partial charge in [0.2, 0.25) is 0 Å². The summed E-state index contributed by atoms with van der Waals surface area (Å²) >= 11 is 5.48. The standard InChI is InChI=1S/C15H16ClFN2O3S/c16-9-12(20)10-18-11-5-7-13(8-6-11)23(21,22)19-15-4-2-1-3-14(15)17/h1-8,12,18-20H,9-10H2. The first-order valence-corrected chi connectivity index (χ1v) is 8.79. The second kappa shape index (κ2) is 7.63. The van der Waals surface area contributed by atoms with Crippen LogP contribution in [0.15, 0.2) is 53.4 Å². The lowest BCUT2D eigenvalue weighted by atomic mass is 10.3. The summed E-state index contributed by atoms with van der Waals surface area (Å²) in [5.41, 5.74) is 0.527. The minimum Gasteiger partial charge on any atom is -0.390 e. The number of nitrogens with one attached hydrogen (secondary N) is 2. The van der Waals surface area contributed by atoms with Crippen LogP contribution in [0.3, 0.4) is 0 Å². The first kappa shape index (κ1) is 17.5. The predicted molar refractivity (Wildman–Crippen MR) is 88.9 cm³/mol. The molecular formula is C15H16ClFN2O3S. The zero-order chi connectivity index (χ0) is 16.9. The summed E-state index contributed by atoms with van der Waals surface area (Å²) in [5, 5.41) is 12.3. The van der Waals surface area contributed by atoms with Crippen molar-refractivity contribution >= 4 is 33.0 Å². The molecule has 0 radical (unpaired) electrons. The van der Waals surface area contributed by atoms with Crippen molar-refractivity contribution in [3.63, 3.8) is 0 Å². The van der Waals surface area contributed by atoms with E-state index in [0.29, 0.717) is 5.69 Å². The number of benzene rings is 2. The molecule has 2 aromatic rings. The topological polar surface area (TPSA) is 78.4 Å². The van der Waals surface area contributed by atoms with Crippen molar-refractivity contribution in [1.29, 1.82) is 0 Å². The van der Waals surface area contributed by atoms with Crippen LogP contribution in [-0.4, -0.2) is 32.1 Å². The number of anilines is 2. The fraction of sp³-hybridized carbons (Fsp3) is 0.200. The van der Waals surface area contributed by atoms with E-state index in [4.69, 9.17) is 11.6 Å². The van der Waals surface area contributed by atoms with E-state index in [-0.39, 0.29) is 23.0 Å². The van der Waals surface area contributed by atoms with Gasteiger partial charge in [0.05, 0.1) is 22.6 Å². The molecule has 0 heterocycles. The Kier molecular flexibility index (Phi) is 5.81. The van der Waals surface area contributed by atoms with Gasteiger partial charge in [0.15, 0.2) is 0 Å². The largest absolute Gasteiger partial charge is 0.390 e. The van der Waals surface area contributed by atoms with E-state index in [1.54, 1.807) is 12.1 Å². The molecule has 0 aromatic heterocycles. The normalized spacial score (nSPS) is 12.7. The molecule has 124 valence electrons. The van der Waals surface area contributed by atoms with Crippen LogP contribution in [0.25, 0.3) is 0 Å². The van der Waals surface area contributed by atoms with Gasteiger partial charge in [0, 0.05) is 12.2 Å². The fourth-order valence-corrected chi connectivity index (χ4v) is 2.97. The Morgan fingerprint density at radius 3 is 2.39 bits per heavy atom. The number of hydrogen-bond donors (Lipinski definition) is 3. The number of para-hydroxylation sites is 1. The van der Waals surface area contributed by atoms with Gasteiger partial charge in [-0.05, 0) is 36.4 Å². The Labute approximate surface area is 139 Å². The third-order valence-corrected chi connectivity index (χ3v) is 4.74. The summed E-state index contributed by atoms with van der Waals surface area (Å²) in [5.74, 6) is -0.545. The Balaban J connectivity index is 2.10. The lowest BCUT2D eigenvalue weighted by Crippen LogP contribution is -2.20. The third kappa shape index (κ3) is 4.82. The molecule has 8 heteroatoms. The van der Waals surface area contributed by atoms with Crippen molar-refractivity contribution in [2.24, 2.45) is 0 Å². The quantitative estimate of drug-likeness (QED) is 0.665. The van der Waals surface area contributed by atoms with Crippen LogP contribution in [0.4, 0.5) is 15.8 Å². The molecule has 0 fully saturated rings. The Hall–Kier alpha value is -1.83. The first-order valence-electron chi connectivity index (χ1n) is 6.77. The van der Waals surface area contributed by atoms with Gasteiger partial charge in [-0.3, -0.25) is 4.72 Å². The molecule has 1 atom stereocenters. The highest BCUT2D eigenvalue weighted by atomic mass is 35.5. The molecule has 1 unspecified atom stereocenters. The van der Waals surface area contributed by atoms with Gasteiger partial charge in [-0.25, -0.2) is 12.8 Å². The maximum atomic E-state index is 13.5. The number of rotatable bonds is 7. The molecule has 2 aromatic carbocycles. The van der Waals surface area contributed by atoms with Crippen molar-refractivity contribution in [3.05, 3.63) is 54.3 Å². The second-order valence-electron chi connectivity index (χ2n) is 4.80. The first-order chi connectivity index (χ1) is 10.9. The third-order valence-electron chi connectivity index (χ3n) is 3.00. The van der Waals surface area contributed by atoms with Crippen molar-refractivity contribution in [2.75, 3.05) is 22.5 Å². The number of aliphatic hydroxyl groups excluding tert-OH is 1. The molecule has 3 N–H and O–H groups in total. The van der Waals surface area contributed by atoms with Crippen LogP contribution in [0.5, 0.6) is 0 Å². The minimum absolute atomic E-state index is 0.00388. The molecular weight excluding hydrogens is 343 g/mol. The van der Waals surface area contributed by atoms with Crippen LogP contribution in [-0.2, 0) is 10.0 Å². The maximum Gasteiger partial charge on any atom is 0.261 e. The van der Waals surface area contributed by atoms with Crippen molar-refractivity contribution in [1.82, 2.24) is 0 Å². The smallest absolute Gasteiger partial charge is 0.261 e. The molecule has 0 saturated carbocycles. The van der Waals surface area contributed by atoms with Crippen molar-refractivity contribution in [3.8, 4) is 0 Å². The minimum atomic E-state index is -3.88. The highest BCUT2D eigenvalue weighted by molar-refractivity contribution is 7.92. The Morgan fingerprint density at radius 1 is 1.13 bits per heavy atom. The molecule has 0 aliphatic carbocycles. The summed E-state index contributed by atoms with van der Waals surface area (Å²) in [4.78, 5) is 0.00388. The summed E-state index contributed by atoms with van der Waals surface area (Å²) in [6.45, 7) is 0.253. The summed E-state index contributed by atoms with van der Waals surface area (Å²) in [6, 6.07) is 11.4. The van der Waals surface area contributed by atoms with Gasteiger partial charge < -0.3 is 10.4 Å². The molecule has 0 saturated heterocycles. The van der Waals surface area contributed by atoms with Gasteiger partial charge in [-0.15, -0.1) is 11.6 Å². The van der Waals surface area contributed by atoms with Crippen LogP contribution in [0.2, 0.25) is 0 Å². The van der Waals surface area contributed by atoms with Gasteiger partial charge >= 0.3 is 0 Å². The fourth-order valence-electron chi connectivity index (χ4n) is 1.79. The van der Waals surface area contributed by atoms with E-state index in [0.717, 1.165) is 0 Å². The van der Waals surface area contributed by atoms with Gasteiger partial charge in [0.25, 0.3) is 10.0 Å². The molecule has 2 rings (SSSR count). The average Bonchev–Trinajstić information content (AvgIpc) is 2.55. The van der Waals surface area contributed by atoms with Crippen molar-refractivity contribution in [2.45, 2.75) is 11.0 Å². The van der Waals surface area contributed by atoms with E-state index in [2.05, 4.69) is 10.0 Å². The SMILES string of the molecule is O=S(=O)(Nc1ccccc1F)c1ccc(NCC(O)CCl)cc1. The van der Waals surface area contributed by atoms with E-state index in [1.807, 2.05) is 0 Å². The molecule has 0 amide bonds. The Morgan fingerprint density at radius 2 is 1.78 bits per heavy atom. The van der Waals surface area contributed by atoms with Crippen LogP contribution in [0, 0.1) is 5.82 Å². The van der Waals surface area contributed by atoms with Gasteiger partial charge in [-0.1, -0.05) is 12.1 Å². The second-order valence-corrected chi connectivity index (χ2v) is 6.79. The van der Waals surface area contributed by atoms with Gasteiger partial charge in [-0.2, -0.15) is 0 Å². The van der Waals surface area contributed by atoms with Crippen LogP contribution < -0.4 is 10.0 Å². The number of aliphatic hydroxyl groups is 1. The van der Waals surface area contributed by atoms with Crippen LogP contribution in [0.1, 0.15) is 0 Å². The lowest BCUT2D eigenvalue weighted by Gasteiger charge is -2.12. The summed E-state index contributed by atoms with van der Waals surface area (Å²) in [7, 11) is -3.88. The number of alkyl halides is 1. The van der Waals surface area contributed by atoms with E-state index in [9.17, 15) is 17.9 Å². The molecule has 0 bridgehead atoms. The lowest BCUT2D eigenvalue weighted by molar-refractivity contribution is 0.211. The summed E-state index contributed by atoms with van der Waals surface area (Å²) < 4.78 is 40.2. The zero-order valence-electron chi connectivity index (χ0n) is 12.0. The predicted octanol–water partition coefficient (Wildman–Crippen LogP) is 2.64. The monoisotopic (exact) mass is 358 g/mol. The number of hydrogen-bond acceptors (Lipinski definition) is 4. The molecule has 0 spiro atoms. The molecule has 5 nitrogen and oxygen atoms in total. The van der Waals surface area contributed by atoms with Crippen molar-refractivity contribution < 1.29 is 17.9 Å². The molecule has 23 heavy (non-hydrogen) atoms. The average molecular weight is 359 g/mol. The van der Waals surface area contributed by atoms with Gasteiger partial charge in [0.1, 0.15) is 5.82 Å². The highest BCUT2D eigenvalue weighted by Crippen LogP contribution is 2.20.